The van der Waals surface area contributed by atoms with Crippen LogP contribution in [0.4, 0.5) is 0 Å². The number of ether oxygens (including phenoxy) is 2. The number of aryl methyl sites for hydroxylation is 1. The number of methoxy groups -OCH3 is 2. The van der Waals surface area contributed by atoms with Crippen molar-refractivity contribution >= 4 is 0 Å². The van der Waals surface area contributed by atoms with Crippen LogP contribution in [0.15, 0.2) is 6.07 Å². The zero-order valence-electron chi connectivity index (χ0n) is 11.8. The maximum atomic E-state index is 5.51. The molecule has 0 unspecified atom stereocenters. The molecule has 100 valence electrons. The molecule has 0 atom stereocenters. The summed E-state index contributed by atoms with van der Waals surface area (Å²) in [6.07, 6.45) is 2.41. The molecule has 0 aliphatic carbocycles. The summed E-state index contributed by atoms with van der Waals surface area (Å²) in [7, 11) is 3.41. The Morgan fingerprint density at radius 2 is 1.78 bits per heavy atom. The first kappa shape index (κ1) is 13.2. The number of benzene rings is 1. The summed E-state index contributed by atoms with van der Waals surface area (Å²) in [5, 5.41) is 3.42. The third-order valence-corrected chi connectivity index (χ3v) is 3.91. The highest BCUT2D eigenvalue weighted by Gasteiger charge is 2.22. The van der Waals surface area contributed by atoms with E-state index in [0.717, 1.165) is 24.6 Å². The molecule has 1 heterocycles. The molecule has 1 aliphatic rings. The summed E-state index contributed by atoms with van der Waals surface area (Å²) >= 11 is 0. The quantitative estimate of drug-likeness (QED) is 0.893. The smallest absolute Gasteiger partial charge is 0.163 e. The van der Waals surface area contributed by atoms with Crippen molar-refractivity contribution in [2.75, 3.05) is 27.3 Å². The van der Waals surface area contributed by atoms with Gasteiger partial charge in [-0.15, -0.1) is 0 Å². The van der Waals surface area contributed by atoms with Crippen molar-refractivity contribution in [3.05, 3.63) is 22.8 Å². The van der Waals surface area contributed by atoms with Crippen LogP contribution in [0, 0.1) is 13.8 Å². The van der Waals surface area contributed by atoms with Gasteiger partial charge in [0, 0.05) is 0 Å². The minimum absolute atomic E-state index is 0.644. The van der Waals surface area contributed by atoms with Gasteiger partial charge in [0.15, 0.2) is 11.5 Å². The van der Waals surface area contributed by atoms with Crippen LogP contribution in [0.2, 0.25) is 0 Å². The second-order valence-electron chi connectivity index (χ2n) is 4.99. The zero-order valence-corrected chi connectivity index (χ0v) is 11.8. The van der Waals surface area contributed by atoms with Gasteiger partial charge in [-0.25, -0.2) is 0 Å². The SMILES string of the molecule is COc1cc(C)c(C2CCNCC2)c(C)c1OC. The molecule has 1 aromatic rings. The molecule has 1 aromatic carbocycles. The summed E-state index contributed by atoms with van der Waals surface area (Å²) in [6.45, 7) is 6.54. The van der Waals surface area contributed by atoms with E-state index in [2.05, 4.69) is 25.2 Å². The van der Waals surface area contributed by atoms with Gasteiger partial charge in [-0.05, 0) is 68.5 Å². The Balaban J connectivity index is 2.46. The van der Waals surface area contributed by atoms with Gasteiger partial charge < -0.3 is 14.8 Å². The highest BCUT2D eigenvalue weighted by atomic mass is 16.5. The first-order valence-electron chi connectivity index (χ1n) is 6.61. The van der Waals surface area contributed by atoms with Gasteiger partial charge in [0.05, 0.1) is 14.2 Å². The largest absolute Gasteiger partial charge is 0.493 e. The molecule has 2 rings (SSSR count). The van der Waals surface area contributed by atoms with Crippen molar-refractivity contribution in [1.29, 1.82) is 0 Å². The molecule has 1 N–H and O–H groups in total. The van der Waals surface area contributed by atoms with Gasteiger partial charge in [-0.1, -0.05) is 0 Å². The van der Waals surface area contributed by atoms with Crippen LogP contribution in [0.5, 0.6) is 11.5 Å². The van der Waals surface area contributed by atoms with E-state index in [1.54, 1.807) is 14.2 Å². The number of nitrogens with one attached hydrogen (secondary N) is 1. The van der Waals surface area contributed by atoms with Gasteiger partial charge in [0.2, 0.25) is 0 Å². The van der Waals surface area contributed by atoms with Gasteiger partial charge in [0.1, 0.15) is 0 Å². The Kier molecular flexibility index (Phi) is 4.12. The summed E-state index contributed by atoms with van der Waals surface area (Å²) in [5.74, 6) is 2.37. The van der Waals surface area contributed by atoms with E-state index in [9.17, 15) is 0 Å². The highest BCUT2D eigenvalue weighted by molar-refractivity contribution is 5.54. The average molecular weight is 249 g/mol. The fraction of sp³-hybridized carbons (Fsp3) is 0.600. The Morgan fingerprint density at radius 1 is 1.11 bits per heavy atom. The van der Waals surface area contributed by atoms with E-state index in [0.29, 0.717) is 5.92 Å². The van der Waals surface area contributed by atoms with Crippen molar-refractivity contribution in [3.8, 4) is 11.5 Å². The zero-order chi connectivity index (χ0) is 13.1. The minimum Gasteiger partial charge on any atom is -0.493 e. The molecule has 0 saturated carbocycles. The van der Waals surface area contributed by atoms with Gasteiger partial charge in [-0.2, -0.15) is 0 Å². The molecule has 3 nitrogen and oxygen atoms in total. The molecule has 0 radical (unpaired) electrons. The maximum absolute atomic E-state index is 5.51. The summed E-state index contributed by atoms with van der Waals surface area (Å²) in [5.41, 5.74) is 4.01. The number of rotatable bonds is 3. The average Bonchev–Trinajstić information content (AvgIpc) is 2.39. The number of hydrogen-bond acceptors (Lipinski definition) is 3. The van der Waals surface area contributed by atoms with Crippen LogP contribution in [0.1, 0.15) is 35.4 Å². The molecule has 18 heavy (non-hydrogen) atoms. The lowest BCUT2D eigenvalue weighted by molar-refractivity contribution is 0.350. The second-order valence-corrected chi connectivity index (χ2v) is 4.99. The van der Waals surface area contributed by atoms with E-state index < -0.39 is 0 Å². The van der Waals surface area contributed by atoms with Crippen molar-refractivity contribution < 1.29 is 9.47 Å². The van der Waals surface area contributed by atoms with Crippen LogP contribution < -0.4 is 14.8 Å². The Morgan fingerprint density at radius 3 is 2.33 bits per heavy atom. The minimum atomic E-state index is 0.644. The van der Waals surface area contributed by atoms with E-state index in [1.165, 1.54) is 29.5 Å². The van der Waals surface area contributed by atoms with E-state index in [-0.39, 0.29) is 0 Å². The standard InChI is InChI=1S/C15H23NO2/c1-10-9-13(17-3)15(18-4)11(2)14(10)12-5-7-16-8-6-12/h9,12,16H,5-8H2,1-4H3. The molecule has 0 amide bonds. The molecule has 1 aliphatic heterocycles. The van der Waals surface area contributed by atoms with Crippen molar-refractivity contribution in [2.45, 2.75) is 32.6 Å². The van der Waals surface area contributed by atoms with Crippen molar-refractivity contribution in [1.82, 2.24) is 5.32 Å². The normalized spacial score (nSPS) is 16.7. The molecular weight excluding hydrogens is 226 g/mol. The molecular formula is C15H23NO2. The number of piperidine rings is 1. The van der Waals surface area contributed by atoms with Crippen LogP contribution >= 0.6 is 0 Å². The van der Waals surface area contributed by atoms with Gasteiger partial charge in [0.25, 0.3) is 0 Å². The highest BCUT2D eigenvalue weighted by Crippen LogP contribution is 2.40. The summed E-state index contributed by atoms with van der Waals surface area (Å²) < 4.78 is 10.9. The molecule has 1 saturated heterocycles. The van der Waals surface area contributed by atoms with Gasteiger partial charge >= 0.3 is 0 Å². The van der Waals surface area contributed by atoms with Crippen LogP contribution in [0.3, 0.4) is 0 Å². The van der Waals surface area contributed by atoms with Gasteiger partial charge in [-0.3, -0.25) is 0 Å². The van der Waals surface area contributed by atoms with E-state index >= 15 is 0 Å². The first-order chi connectivity index (χ1) is 8.69. The summed E-state index contributed by atoms with van der Waals surface area (Å²) in [6, 6.07) is 2.10. The topological polar surface area (TPSA) is 30.5 Å². The fourth-order valence-electron chi connectivity index (χ4n) is 3.09. The maximum Gasteiger partial charge on any atom is 0.163 e. The molecule has 1 fully saturated rings. The predicted molar refractivity (Wildman–Crippen MR) is 73.9 cm³/mol. The lowest BCUT2D eigenvalue weighted by Crippen LogP contribution is -2.27. The molecule has 0 spiro atoms. The third-order valence-electron chi connectivity index (χ3n) is 3.91. The predicted octanol–water partition coefficient (Wildman–Crippen LogP) is 2.79. The van der Waals surface area contributed by atoms with Crippen molar-refractivity contribution in [3.63, 3.8) is 0 Å². The van der Waals surface area contributed by atoms with Crippen molar-refractivity contribution in [2.24, 2.45) is 0 Å². The van der Waals surface area contributed by atoms with Crippen LogP contribution in [0.25, 0.3) is 0 Å². The first-order valence-corrected chi connectivity index (χ1v) is 6.61. The number of hydrogen-bond donors (Lipinski definition) is 1. The lowest BCUT2D eigenvalue weighted by Gasteiger charge is -2.27. The Bertz CT molecular complexity index is 423. The lowest BCUT2D eigenvalue weighted by atomic mass is 9.84. The molecule has 3 heteroatoms. The Hall–Kier alpha value is -1.22. The van der Waals surface area contributed by atoms with E-state index in [4.69, 9.17) is 9.47 Å². The monoisotopic (exact) mass is 249 g/mol. The second kappa shape index (κ2) is 5.61. The van der Waals surface area contributed by atoms with E-state index in [1.807, 2.05) is 0 Å². The fourth-order valence-corrected chi connectivity index (χ4v) is 3.09. The molecule has 0 aromatic heterocycles. The van der Waals surface area contributed by atoms with Crippen LogP contribution in [-0.2, 0) is 0 Å². The Labute approximate surface area is 109 Å². The molecule has 0 bridgehead atoms. The summed E-state index contributed by atoms with van der Waals surface area (Å²) in [4.78, 5) is 0. The van der Waals surface area contributed by atoms with Crippen LogP contribution in [-0.4, -0.2) is 27.3 Å². The third kappa shape index (κ3) is 2.32.